The van der Waals surface area contributed by atoms with Gasteiger partial charge in [0.1, 0.15) is 0 Å². The van der Waals surface area contributed by atoms with E-state index in [1.54, 1.807) is 0 Å². The molecule has 0 saturated carbocycles. The molecule has 0 aromatic carbocycles. The van der Waals surface area contributed by atoms with Crippen LogP contribution in [-0.2, 0) is 14.3 Å². The molecule has 0 aliphatic rings. The summed E-state index contributed by atoms with van der Waals surface area (Å²) in [5.41, 5.74) is 0. The minimum atomic E-state index is -0.660. The molecule has 6 nitrogen and oxygen atoms in total. The van der Waals surface area contributed by atoms with Crippen molar-refractivity contribution in [3.63, 3.8) is 0 Å². The third-order valence-electron chi connectivity index (χ3n) is 16.2. The molecule has 0 radical (unpaired) electrons. The van der Waals surface area contributed by atoms with Crippen molar-refractivity contribution in [2.45, 2.75) is 392 Å². The number of esters is 1. The average Bonchev–Trinajstić information content (AvgIpc) is 3.43. The number of ether oxygens (including phenoxy) is 1. The van der Waals surface area contributed by atoms with Crippen LogP contribution in [0.5, 0.6) is 0 Å². The minimum Gasteiger partial charge on any atom is -0.466 e. The predicted molar refractivity (Wildman–Crippen MR) is 338 cm³/mol. The van der Waals surface area contributed by atoms with E-state index in [1.807, 2.05) is 0 Å². The van der Waals surface area contributed by atoms with E-state index in [0.717, 1.165) is 51.4 Å². The summed E-state index contributed by atoms with van der Waals surface area (Å²) in [6.45, 7) is 4.93. The normalized spacial score (nSPS) is 12.7. The molecule has 0 saturated heterocycles. The van der Waals surface area contributed by atoms with Gasteiger partial charge >= 0.3 is 5.97 Å². The van der Waals surface area contributed by atoms with Crippen LogP contribution in [0.3, 0.4) is 0 Å². The maximum atomic E-state index is 12.4. The van der Waals surface area contributed by atoms with Crippen LogP contribution in [-0.4, -0.2) is 47.4 Å². The molecule has 0 spiro atoms. The van der Waals surface area contributed by atoms with Gasteiger partial charge in [0.2, 0.25) is 5.91 Å². The van der Waals surface area contributed by atoms with Crippen LogP contribution in [0, 0.1) is 0 Å². The maximum absolute atomic E-state index is 12.4. The van der Waals surface area contributed by atoms with E-state index in [1.165, 1.54) is 295 Å². The number of allylic oxidation sites excluding steroid dienone is 6. The second-order valence-corrected chi connectivity index (χ2v) is 23.9. The number of hydrogen-bond donors (Lipinski definition) is 3. The number of aliphatic hydroxyl groups is 2. The van der Waals surface area contributed by atoms with Crippen LogP contribution in [0.2, 0.25) is 0 Å². The fourth-order valence-electron chi connectivity index (χ4n) is 10.8. The van der Waals surface area contributed by atoms with Crippen LogP contribution in [0.25, 0.3) is 0 Å². The van der Waals surface area contributed by atoms with Gasteiger partial charge < -0.3 is 20.3 Å². The van der Waals surface area contributed by atoms with Crippen LogP contribution < -0.4 is 5.32 Å². The molecule has 0 aliphatic carbocycles. The van der Waals surface area contributed by atoms with Gasteiger partial charge in [0.15, 0.2) is 0 Å². The number of carbonyl (C=O) groups excluding carboxylic acids is 2. The Kier molecular flexibility index (Phi) is 64.9. The van der Waals surface area contributed by atoms with Crippen LogP contribution in [0.15, 0.2) is 36.5 Å². The van der Waals surface area contributed by atoms with Gasteiger partial charge in [-0.05, 0) is 83.5 Å². The Bertz CT molecular complexity index is 1250. The summed E-state index contributed by atoms with van der Waals surface area (Å²) < 4.78 is 5.49. The summed E-state index contributed by atoms with van der Waals surface area (Å²) in [4.78, 5) is 24.5. The molecule has 0 bridgehead atoms. The number of aliphatic hydroxyl groups excluding tert-OH is 2. The fraction of sp³-hybridized carbons (Fsp3) is 0.887. The van der Waals surface area contributed by atoms with E-state index in [9.17, 15) is 19.8 Å². The second-order valence-electron chi connectivity index (χ2n) is 23.9. The molecule has 0 aromatic heterocycles. The molecule has 0 aromatic rings. The lowest BCUT2D eigenvalue weighted by molar-refractivity contribution is -0.143. The lowest BCUT2D eigenvalue weighted by Gasteiger charge is -2.22. The largest absolute Gasteiger partial charge is 0.466 e. The van der Waals surface area contributed by atoms with E-state index < -0.39 is 12.1 Å². The van der Waals surface area contributed by atoms with Crippen molar-refractivity contribution in [2.75, 3.05) is 13.2 Å². The number of amides is 1. The molecule has 0 rings (SSSR count). The first-order chi connectivity index (χ1) is 38.0. The summed E-state index contributed by atoms with van der Waals surface area (Å²) in [7, 11) is 0. The molecule has 0 aliphatic heterocycles. The lowest BCUT2D eigenvalue weighted by Crippen LogP contribution is -2.45. The summed E-state index contributed by atoms with van der Waals surface area (Å²) in [5, 5.41) is 23.2. The Morgan fingerprint density at radius 2 is 0.649 bits per heavy atom. The SMILES string of the molecule is CCCCC/C=C\C/C=C\CCCCCCCC(=O)OCCCCCCCCCCCCCCCC/C=C\CCCCCCCCCCCCCCCCCCCC(=O)NC(CO)C(O)CCCCCCCCCCCC. The zero-order valence-electron chi connectivity index (χ0n) is 52.0. The van der Waals surface area contributed by atoms with E-state index >= 15 is 0 Å². The zero-order chi connectivity index (χ0) is 55.7. The van der Waals surface area contributed by atoms with Crippen LogP contribution in [0.1, 0.15) is 380 Å². The highest BCUT2D eigenvalue weighted by Gasteiger charge is 2.20. The minimum absolute atomic E-state index is 0.00628. The molecule has 77 heavy (non-hydrogen) atoms. The average molecular weight is 1080 g/mol. The predicted octanol–water partition coefficient (Wildman–Crippen LogP) is 22.3. The summed E-state index contributed by atoms with van der Waals surface area (Å²) in [6, 6.07) is -0.537. The highest BCUT2D eigenvalue weighted by Crippen LogP contribution is 2.18. The molecule has 2 unspecified atom stereocenters. The Hall–Kier alpha value is -1.92. The number of nitrogens with one attached hydrogen (secondary N) is 1. The molecule has 2 atom stereocenters. The van der Waals surface area contributed by atoms with Crippen molar-refractivity contribution >= 4 is 11.9 Å². The first-order valence-electron chi connectivity index (χ1n) is 34.7. The van der Waals surface area contributed by atoms with Gasteiger partial charge in [0.25, 0.3) is 0 Å². The van der Waals surface area contributed by atoms with Gasteiger partial charge in [-0.3, -0.25) is 9.59 Å². The molecule has 1 amide bonds. The highest BCUT2D eigenvalue weighted by molar-refractivity contribution is 5.76. The quantitative estimate of drug-likeness (QED) is 0.0320. The zero-order valence-corrected chi connectivity index (χ0v) is 52.0. The standard InChI is InChI=1S/C71H135NO5/c1-3-5-7-9-11-13-15-16-38-42-45-49-53-57-61-65-71(76)77-66-62-58-54-50-46-43-40-37-35-33-31-29-27-25-23-21-19-17-18-20-22-24-26-28-30-32-34-36-39-41-44-48-52-56-60-64-70(75)72-68(67-73)69(74)63-59-55-51-47-14-12-10-8-6-4-2/h11,13,16,19,21,38,68-69,73-74H,3-10,12,14-15,17-18,20,22-37,39-67H2,1-2H3,(H,72,75)/b13-11-,21-19-,38-16-. The Morgan fingerprint density at radius 1 is 0.364 bits per heavy atom. The van der Waals surface area contributed by atoms with Crippen LogP contribution in [0.4, 0.5) is 0 Å². The van der Waals surface area contributed by atoms with Crippen molar-refractivity contribution in [3.8, 4) is 0 Å². The molecule has 0 fully saturated rings. The van der Waals surface area contributed by atoms with Gasteiger partial charge in [-0.15, -0.1) is 0 Å². The van der Waals surface area contributed by atoms with Crippen molar-refractivity contribution < 1.29 is 24.5 Å². The van der Waals surface area contributed by atoms with Crippen LogP contribution >= 0.6 is 0 Å². The Morgan fingerprint density at radius 3 is 1.03 bits per heavy atom. The van der Waals surface area contributed by atoms with Gasteiger partial charge in [-0.1, -0.05) is 320 Å². The Labute approximate surface area is 481 Å². The van der Waals surface area contributed by atoms with Crippen molar-refractivity contribution in [2.24, 2.45) is 0 Å². The number of carbonyl (C=O) groups is 2. The van der Waals surface area contributed by atoms with E-state index in [0.29, 0.717) is 25.9 Å². The van der Waals surface area contributed by atoms with Gasteiger partial charge in [0, 0.05) is 12.8 Å². The number of hydrogen-bond acceptors (Lipinski definition) is 5. The summed E-state index contributed by atoms with van der Waals surface area (Å²) >= 11 is 0. The molecule has 3 N–H and O–H groups in total. The molecule has 0 heterocycles. The van der Waals surface area contributed by atoms with Gasteiger partial charge in [-0.25, -0.2) is 0 Å². The lowest BCUT2D eigenvalue weighted by atomic mass is 10.0. The monoisotopic (exact) mass is 1080 g/mol. The molecule has 454 valence electrons. The number of rotatable bonds is 65. The second kappa shape index (κ2) is 66.6. The third-order valence-corrected chi connectivity index (χ3v) is 16.2. The van der Waals surface area contributed by atoms with Crippen molar-refractivity contribution in [1.29, 1.82) is 0 Å². The molecular weight excluding hydrogens is 947 g/mol. The summed E-state index contributed by atoms with van der Waals surface area (Å²) in [6.07, 6.45) is 85.0. The van der Waals surface area contributed by atoms with Gasteiger partial charge in [0.05, 0.1) is 25.4 Å². The Balaban J connectivity index is 3.32. The number of unbranched alkanes of at least 4 members (excludes halogenated alkanes) is 48. The maximum Gasteiger partial charge on any atom is 0.305 e. The van der Waals surface area contributed by atoms with E-state index in [-0.39, 0.29) is 18.5 Å². The first kappa shape index (κ1) is 75.1. The fourth-order valence-corrected chi connectivity index (χ4v) is 10.8. The van der Waals surface area contributed by atoms with Gasteiger partial charge in [-0.2, -0.15) is 0 Å². The highest BCUT2D eigenvalue weighted by atomic mass is 16.5. The van der Waals surface area contributed by atoms with E-state index in [2.05, 4.69) is 55.6 Å². The summed E-state index contributed by atoms with van der Waals surface area (Å²) in [5.74, 6) is -0.0254. The first-order valence-corrected chi connectivity index (χ1v) is 34.7. The third kappa shape index (κ3) is 63.1. The topological polar surface area (TPSA) is 95.9 Å². The molecule has 6 heteroatoms. The van der Waals surface area contributed by atoms with Crippen molar-refractivity contribution in [1.82, 2.24) is 5.32 Å². The van der Waals surface area contributed by atoms with E-state index in [4.69, 9.17) is 4.74 Å². The molecular formula is C71H135NO5. The van der Waals surface area contributed by atoms with Crippen molar-refractivity contribution in [3.05, 3.63) is 36.5 Å². The smallest absolute Gasteiger partial charge is 0.305 e.